The minimum Gasteiger partial charge on any atom is -0.477 e. The monoisotopic (exact) mass is 344 g/mol. The maximum Gasteiger partial charge on any atom is 0.173 e. The lowest BCUT2D eigenvalue weighted by molar-refractivity contribution is -0.0786. The fourth-order valence-electron chi connectivity index (χ4n) is 2.40. The van der Waals surface area contributed by atoms with Gasteiger partial charge in [-0.2, -0.15) is 5.26 Å². The zero-order valence-corrected chi connectivity index (χ0v) is 13.4. The molecule has 6 nitrogen and oxygen atoms in total. The second kappa shape index (κ2) is 7.20. The molecule has 7 heteroatoms. The maximum atomic E-state index is 10.0. The highest BCUT2D eigenvalue weighted by atomic mass is 32.2. The zero-order valence-electron chi connectivity index (χ0n) is 12.6. The number of nitriles is 1. The molecule has 1 fully saturated rings. The Kier molecular flexibility index (Phi) is 5.02. The molecule has 0 aliphatic carbocycles. The summed E-state index contributed by atoms with van der Waals surface area (Å²) in [6.07, 6.45) is -1.73. The quantitative estimate of drug-likeness (QED) is 0.767. The molecule has 0 spiro atoms. The minimum absolute atomic E-state index is 0.294. The van der Waals surface area contributed by atoms with Gasteiger partial charge in [-0.1, -0.05) is 12.1 Å². The van der Waals surface area contributed by atoms with Crippen molar-refractivity contribution in [3.8, 4) is 22.9 Å². The van der Waals surface area contributed by atoms with Gasteiger partial charge in [0.2, 0.25) is 0 Å². The summed E-state index contributed by atoms with van der Waals surface area (Å²) in [6, 6.07) is 12.7. The third-order valence-corrected chi connectivity index (χ3v) is 4.99. The van der Waals surface area contributed by atoms with E-state index in [2.05, 4.69) is 4.98 Å². The number of aliphatic hydroxyl groups excluding tert-OH is 3. The van der Waals surface area contributed by atoms with E-state index >= 15 is 0 Å². The first-order chi connectivity index (χ1) is 11.6. The summed E-state index contributed by atoms with van der Waals surface area (Å²) in [7, 11) is 0. The number of thioether (sulfide) groups is 1. The number of benzene rings is 1. The molecule has 0 saturated carbocycles. The first-order valence-corrected chi connectivity index (χ1v) is 8.42. The smallest absolute Gasteiger partial charge is 0.173 e. The molecule has 0 bridgehead atoms. The van der Waals surface area contributed by atoms with E-state index < -0.39 is 23.7 Å². The molecule has 1 aromatic carbocycles. The van der Waals surface area contributed by atoms with Crippen LogP contribution in [0.2, 0.25) is 0 Å². The van der Waals surface area contributed by atoms with Crippen LogP contribution in [-0.4, -0.2) is 49.8 Å². The number of rotatable bonds is 3. The van der Waals surface area contributed by atoms with Crippen molar-refractivity contribution in [2.75, 3.05) is 5.75 Å². The van der Waals surface area contributed by atoms with Crippen molar-refractivity contribution in [3.63, 3.8) is 0 Å². The Morgan fingerprint density at radius 2 is 1.96 bits per heavy atom. The average Bonchev–Trinajstić information content (AvgIpc) is 2.62. The number of aromatic nitrogens is 1. The fourth-order valence-corrected chi connectivity index (χ4v) is 3.52. The topological polar surface area (TPSA) is 107 Å². The highest BCUT2D eigenvalue weighted by molar-refractivity contribution is 7.99. The van der Waals surface area contributed by atoms with Gasteiger partial charge in [0.15, 0.2) is 5.44 Å². The molecule has 0 unspecified atom stereocenters. The molecule has 3 N–H and O–H groups in total. The predicted octanol–water partition coefficient (Wildman–Crippen LogP) is 1.15. The van der Waals surface area contributed by atoms with E-state index in [1.807, 2.05) is 18.2 Å². The van der Waals surface area contributed by atoms with Crippen molar-refractivity contribution in [3.05, 3.63) is 48.3 Å². The van der Waals surface area contributed by atoms with Crippen LogP contribution in [0.15, 0.2) is 42.6 Å². The molecule has 2 aromatic rings. The van der Waals surface area contributed by atoms with Gasteiger partial charge in [0.1, 0.15) is 29.7 Å². The van der Waals surface area contributed by atoms with Gasteiger partial charge in [0.05, 0.1) is 6.10 Å². The second-order valence-corrected chi connectivity index (χ2v) is 6.57. The Labute approximate surface area is 143 Å². The lowest BCUT2D eigenvalue weighted by Crippen LogP contribution is -2.50. The van der Waals surface area contributed by atoms with Gasteiger partial charge in [0, 0.05) is 17.5 Å². The summed E-state index contributed by atoms with van der Waals surface area (Å²) >= 11 is 1.25. The van der Waals surface area contributed by atoms with Crippen molar-refractivity contribution in [2.45, 2.75) is 23.7 Å². The molecule has 0 radical (unpaired) electrons. The molecule has 124 valence electrons. The largest absolute Gasteiger partial charge is 0.477 e. The fraction of sp³-hybridized carbons (Fsp3) is 0.294. The van der Waals surface area contributed by atoms with Gasteiger partial charge in [-0.15, -0.1) is 11.8 Å². The highest BCUT2D eigenvalue weighted by Crippen LogP contribution is 2.31. The van der Waals surface area contributed by atoms with Crippen molar-refractivity contribution in [2.24, 2.45) is 0 Å². The third-order valence-electron chi connectivity index (χ3n) is 3.75. The Morgan fingerprint density at radius 1 is 1.12 bits per heavy atom. The summed E-state index contributed by atoms with van der Waals surface area (Å²) in [6.45, 7) is 0. The zero-order chi connectivity index (χ0) is 17.1. The summed E-state index contributed by atoms with van der Waals surface area (Å²) in [4.78, 5) is 4.04. The van der Waals surface area contributed by atoms with Crippen LogP contribution in [0.3, 0.4) is 0 Å². The van der Waals surface area contributed by atoms with Crippen LogP contribution in [0.5, 0.6) is 5.75 Å². The maximum absolute atomic E-state index is 10.0. The lowest BCUT2D eigenvalue weighted by Gasteiger charge is -2.34. The summed E-state index contributed by atoms with van der Waals surface area (Å²) in [5, 5.41) is 38.1. The van der Waals surface area contributed by atoms with Crippen LogP contribution < -0.4 is 4.74 Å². The minimum atomic E-state index is -1.22. The molecule has 24 heavy (non-hydrogen) atoms. The number of pyridine rings is 1. The van der Waals surface area contributed by atoms with E-state index in [1.54, 1.807) is 30.5 Å². The summed E-state index contributed by atoms with van der Waals surface area (Å²) in [5.41, 5.74) is 1.39. The Hall–Kier alpha value is -2.11. The Morgan fingerprint density at radius 3 is 2.67 bits per heavy atom. The second-order valence-electron chi connectivity index (χ2n) is 5.44. The number of ether oxygens (including phenoxy) is 1. The van der Waals surface area contributed by atoms with Crippen molar-refractivity contribution in [1.29, 1.82) is 5.26 Å². The number of aliphatic hydroxyl groups is 3. The van der Waals surface area contributed by atoms with E-state index in [0.717, 1.165) is 11.1 Å². The normalized spacial score (nSPS) is 26.6. The molecule has 1 aliphatic rings. The van der Waals surface area contributed by atoms with Gasteiger partial charge in [-0.3, -0.25) is 0 Å². The van der Waals surface area contributed by atoms with E-state index in [0.29, 0.717) is 17.2 Å². The molecule has 1 aromatic heterocycles. The number of hydrogen-bond donors (Lipinski definition) is 3. The molecule has 4 atom stereocenters. The van der Waals surface area contributed by atoms with Crippen LogP contribution in [0.1, 0.15) is 5.69 Å². The Bertz CT molecular complexity index is 747. The van der Waals surface area contributed by atoms with Gasteiger partial charge in [-0.05, 0) is 29.8 Å². The van der Waals surface area contributed by atoms with Crippen LogP contribution in [0.4, 0.5) is 0 Å². The van der Waals surface area contributed by atoms with Gasteiger partial charge in [0.25, 0.3) is 0 Å². The number of hydrogen-bond acceptors (Lipinski definition) is 7. The van der Waals surface area contributed by atoms with E-state index in [-0.39, 0.29) is 0 Å². The standard InChI is InChI=1S/C17H16N2O4S/c18-7-12-5-4-11(8-19-12)10-2-1-3-13(6-10)23-17-16(22)15(21)14(20)9-24-17/h1-6,8,14-17,20-22H,9H2/t14-,15+,16-,17+/m1/s1. The summed E-state index contributed by atoms with van der Waals surface area (Å²) in [5.74, 6) is 0.833. The van der Waals surface area contributed by atoms with Gasteiger partial charge < -0.3 is 20.1 Å². The van der Waals surface area contributed by atoms with Gasteiger partial charge >= 0.3 is 0 Å². The summed E-state index contributed by atoms with van der Waals surface area (Å²) < 4.78 is 5.76. The van der Waals surface area contributed by atoms with Crippen LogP contribution in [0.25, 0.3) is 11.1 Å². The van der Waals surface area contributed by atoms with Crippen molar-refractivity contribution >= 4 is 11.8 Å². The molecule has 2 heterocycles. The van der Waals surface area contributed by atoms with E-state index in [1.165, 1.54) is 11.8 Å². The molecular formula is C17H16N2O4S. The molecular weight excluding hydrogens is 328 g/mol. The highest BCUT2D eigenvalue weighted by Gasteiger charge is 2.38. The van der Waals surface area contributed by atoms with Crippen LogP contribution in [0, 0.1) is 11.3 Å². The molecule has 1 saturated heterocycles. The van der Waals surface area contributed by atoms with Crippen LogP contribution in [-0.2, 0) is 0 Å². The predicted molar refractivity (Wildman–Crippen MR) is 89.3 cm³/mol. The average molecular weight is 344 g/mol. The number of nitrogens with zero attached hydrogens (tertiary/aromatic N) is 2. The third kappa shape index (κ3) is 3.52. The molecule has 3 rings (SSSR count). The van der Waals surface area contributed by atoms with Crippen LogP contribution >= 0.6 is 11.8 Å². The Balaban J connectivity index is 1.77. The first-order valence-electron chi connectivity index (χ1n) is 7.37. The lowest BCUT2D eigenvalue weighted by atomic mass is 10.1. The molecule has 1 aliphatic heterocycles. The van der Waals surface area contributed by atoms with Crippen molar-refractivity contribution < 1.29 is 20.1 Å². The molecule has 0 amide bonds. The van der Waals surface area contributed by atoms with Crippen molar-refractivity contribution in [1.82, 2.24) is 4.98 Å². The SMILES string of the molecule is N#Cc1ccc(-c2cccc(O[C@H]3SC[C@@H](O)[C@H](O)[C@H]3O)c2)cn1. The first kappa shape index (κ1) is 16.7. The van der Waals surface area contributed by atoms with Gasteiger partial charge in [-0.25, -0.2) is 4.98 Å². The van der Waals surface area contributed by atoms with E-state index in [4.69, 9.17) is 10.00 Å². The van der Waals surface area contributed by atoms with E-state index in [9.17, 15) is 15.3 Å².